The third-order valence-electron chi connectivity index (χ3n) is 3.60. The molecule has 1 saturated carbocycles. The minimum Gasteiger partial charge on any atom is -0.465 e. The molecule has 1 aliphatic carbocycles. The maximum atomic E-state index is 11.8. The fourth-order valence-electron chi connectivity index (χ4n) is 2.37. The highest BCUT2D eigenvalue weighted by atomic mass is 16.5. The van der Waals surface area contributed by atoms with Gasteiger partial charge in [-0.2, -0.15) is 0 Å². The third kappa shape index (κ3) is 2.39. The largest absolute Gasteiger partial charge is 0.465 e. The fourth-order valence-corrected chi connectivity index (χ4v) is 2.37. The molecule has 3 rings (SSSR count). The van der Waals surface area contributed by atoms with Crippen LogP contribution in [0, 0.1) is 0 Å². The van der Waals surface area contributed by atoms with Gasteiger partial charge in [-0.05, 0) is 41.5 Å². The summed E-state index contributed by atoms with van der Waals surface area (Å²) < 4.78 is 4.83. The van der Waals surface area contributed by atoms with E-state index in [0.29, 0.717) is 5.56 Å². The molecule has 19 heavy (non-hydrogen) atoms. The van der Waals surface area contributed by atoms with E-state index in [1.54, 1.807) is 6.07 Å². The monoisotopic (exact) mass is 252 g/mol. The van der Waals surface area contributed by atoms with Crippen LogP contribution in [-0.2, 0) is 4.74 Å². The van der Waals surface area contributed by atoms with Crippen molar-refractivity contribution in [1.29, 1.82) is 0 Å². The van der Waals surface area contributed by atoms with Gasteiger partial charge in [-0.1, -0.05) is 42.5 Å². The van der Waals surface area contributed by atoms with Crippen molar-refractivity contribution in [2.45, 2.75) is 18.8 Å². The van der Waals surface area contributed by atoms with Crippen LogP contribution in [0.2, 0.25) is 0 Å². The van der Waals surface area contributed by atoms with Crippen molar-refractivity contribution in [3.8, 4) is 11.1 Å². The predicted octanol–water partition coefficient (Wildman–Crippen LogP) is 4.02. The topological polar surface area (TPSA) is 26.3 Å². The van der Waals surface area contributed by atoms with Crippen LogP contribution in [0.1, 0.15) is 34.7 Å². The number of benzene rings is 2. The summed E-state index contributed by atoms with van der Waals surface area (Å²) in [5.41, 5.74) is 4.01. The van der Waals surface area contributed by atoms with Crippen LogP contribution in [0.25, 0.3) is 11.1 Å². The maximum absolute atomic E-state index is 11.8. The van der Waals surface area contributed by atoms with Gasteiger partial charge in [0.05, 0.1) is 12.7 Å². The second kappa shape index (κ2) is 4.88. The molecule has 0 aliphatic heterocycles. The second-order valence-electron chi connectivity index (χ2n) is 4.93. The number of hydrogen-bond acceptors (Lipinski definition) is 2. The summed E-state index contributed by atoms with van der Waals surface area (Å²) in [5.74, 6) is 0.465. The van der Waals surface area contributed by atoms with Crippen molar-refractivity contribution in [2.75, 3.05) is 7.11 Å². The van der Waals surface area contributed by atoms with Crippen molar-refractivity contribution < 1.29 is 9.53 Å². The van der Waals surface area contributed by atoms with E-state index in [0.717, 1.165) is 17.0 Å². The molecule has 1 fully saturated rings. The maximum Gasteiger partial charge on any atom is 0.338 e. The summed E-state index contributed by atoms with van der Waals surface area (Å²) in [6.07, 6.45) is 2.61. The molecule has 0 saturated heterocycles. The molecule has 2 heteroatoms. The minimum atomic E-state index is -0.290. The Morgan fingerprint density at radius 3 is 2.37 bits per heavy atom. The van der Waals surface area contributed by atoms with Crippen LogP contribution in [0.4, 0.5) is 0 Å². The lowest BCUT2D eigenvalue weighted by atomic mass is 9.98. The molecule has 0 spiro atoms. The van der Waals surface area contributed by atoms with E-state index in [9.17, 15) is 4.79 Å². The van der Waals surface area contributed by atoms with Crippen LogP contribution >= 0.6 is 0 Å². The zero-order chi connectivity index (χ0) is 13.2. The fraction of sp³-hybridized carbons (Fsp3) is 0.235. The van der Waals surface area contributed by atoms with E-state index < -0.39 is 0 Å². The smallest absolute Gasteiger partial charge is 0.338 e. The quantitative estimate of drug-likeness (QED) is 0.771. The molecule has 0 heterocycles. The van der Waals surface area contributed by atoms with Gasteiger partial charge >= 0.3 is 5.97 Å². The zero-order valence-corrected chi connectivity index (χ0v) is 10.9. The lowest BCUT2D eigenvalue weighted by molar-refractivity contribution is 0.0601. The molecule has 0 amide bonds. The van der Waals surface area contributed by atoms with Gasteiger partial charge in [0.25, 0.3) is 0 Å². The number of ether oxygens (including phenoxy) is 1. The van der Waals surface area contributed by atoms with Gasteiger partial charge < -0.3 is 4.74 Å². The van der Waals surface area contributed by atoms with Gasteiger partial charge in [-0.3, -0.25) is 0 Å². The average Bonchev–Trinajstić information content (AvgIpc) is 3.31. The molecule has 1 aliphatic rings. The van der Waals surface area contributed by atoms with Crippen molar-refractivity contribution in [2.24, 2.45) is 0 Å². The Balaban J connectivity index is 1.98. The number of carbonyl (C=O) groups is 1. The molecular weight excluding hydrogens is 236 g/mol. The van der Waals surface area contributed by atoms with E-state index in [1.807, 2.05) is 18.2 Å². The Bertz CT molecular complexity index is 595. The van der Waals surface area contributed by atoms with Gasteiger partial charge in [-0.15, -0.1) is 0 Å². The molecular formula is C17H16O2. The Hall–Kier alpha value is -2.09. The van der Waals surface area contributed by atoms with E-state index in [-0.39, 0.29) is 5.97 Å². The summed E-state index contributed by atoms with van der Waals surface area (Å²) in [4.78, 5) is 11.8. The Morgan fingerprint density at radius 2 is 1.74 bits per heavy atom. The van der Waals surface area contributed by atoms with E-state index in [1.165, 1.54) is 25.5 Å². The van der Waals surface area contributed by atoms with Gasteiger partial charge in [0.2, 0.25) is 0 Å². The Morgan fingerprint density at radius 1 is 1.05 bits per heavy atom. The van der Waals surface area contributed by atoms with Crippen LogP contribution in [0.5, 0.6) is 0 Å². The summed E-state index contributed by atoms with van der Waals surface area (Å²) in [7, 11) is 1.41. The van der Waals surface area contributed by atoms with Crippen molar-refractivity contribution in [3.05, 3.63) is 59.7 Å². The van der Waals surface area contributed by atoms with Crippen molar-refractivity contribution in [3.63, 3.8) is 0 Å². The number of carbonyl (C=O) groups excluding carboxylic acids is 1. The number of hydrogen-bond donors (Lipinski definition) is 0. The molecule has 2 nitrogen and oxygen atoms in total. The second-order valence-corrected chi connectivity index (χ2v) is 4.93. The number of rotatable bonds is 3. The normalized spacial score (nSPS) is 14.2. The summed E-state index contributed by atoms with van der Waals surface area (Å²) in [6.45, 7) is 0. The first-order chi connectivity index (χ1) is 9.29. The van der Waals surface area contributed by atoms with Crippen molar-refractivity contribution in [1.82, 2.24) is 0 Å². The molecule has 2 aromatic rings. The number of esters is 1. The average molecular weight is 252 g/mol. The highest BCUT2D eigenvalue weighted by Gasteiger charge is 2.23. The van der Waals surface area contributed by atoms with Crippen LogP contribution in [-0.4, -0.2) is 13.1 Å². The Labute approximate surface area is 113 Å². The van der Waals surface area contributed by atoms with E-state index in [2.05, 4.69) is 24.3 Å². The predicted molar refractivity (Wildman–Crippen MR) is 75.2 cm³/mol. The lowest BCUT2D eigenvalue weighted by Gasteiger charge is -2.08. The molecule has 0 atom stereocenters. The molecule has 96 valence electrons. The molecule has 0 aromatic heterocycles. The lowest BCUT2D eigenvalue weighted by Crippen LogP contribution is -2.03. The molecule has 0 unspecified atom stereocenters. The van der Waals surface area contributed by atoms with Crippen LogP contribution < -0.4 is 0 Å². The van der Waals surface area contributed by atoms with Crippen LogP contribution in [0.3, 0.4) is 0 Å². The molecule has 0 radical (unpaired) electrons. The Kier molecular flexibility index (Phi) is 3.08. The summed E-state index contributed by atoms with van der Waals surface area (Å²) in [6, 6.07) is 16.1. The van der Waals surface area contributed by atoms with Gasteiger partial charge in [0, 0.05) is 0 Å². The van der Waals surface area contributed by atoms with Gasteiger partial charge in [0.15, 0.2) is 0 Å². The standard InChI is InChI=1S/C17H16O2/c1-19-17(18)16-5-3-2-4-15(16)14-10-8-13(9-11-14)12-6-7-12/h2-5,8-12H,6-7H2,1H3. The van der Waals surface area contributed by atoms with Gasteiger partial charge in [0.1, 0.15) is 0 Å². The third-order valence-corrected chi connectivity index (χ3v) is 3.60. The van der Waals surface area contributed by atoms with Gasteiger partial charge in [-0.25, -0.2) is 4.79 Å². The summed E-state index contributed by atoms with van der Waals surface area (Å²) >= 11 is 0. The molecule has 0 N–H and O–H groups in total. The summed E-state index contributed by atoms with van der Waals surface area (Å²) in [5, 5.41) is 0. The van der Waals surface area contributed by atoms with E-state index >= 15 is 0 Å². The first-order valence-corrected chi connectivity index (χ1v) is 6.57. The first-order valence-electron chi connectivity index (χ1n) is 6.57. The molecule has 2 aromatic carbocycles. The highest BCUT2D eigenvalue weighted by Crippen LogP contribution is 2.40. The van der Waals surface area contributed by atoms with Crippen LogP contribution in [0.15, 0.2) is 48.5 Å². The first kappa shape index (κ1) is 12.0. The SMILES string of the molecule is COC(=O)c1ccccc1-c1ccc(C2CC2)cc1. The zero-order valence-electron chi connectivity index (χ0n) is 10.9. The number of methoxy groups -OCH3 is 1. The highest BCUT2D eigenvalue weighted by molar-refractivity contribution is 5.97. The minimum absolute atomic E-state index is 0.290. The van der Waals surface area contributed by atoms with E-state index in [4.69, 9.17) is 4.74 Å². The van der Waals surface area contributed by atoms with Crippen molar-refractivity contribution >= 4 is 5.97 Å². The molecule has 0 bridgehead atoms.